The van der Waals surface area contributed by atoms with E-state index >= 15 is 0 Å². The van der Waals surface area contributed by atoms with Gasteiger partial charge in [0.2, 0.25) is 0 Å². The Kier molecular flexibility index (Phi) is 4.83. The van der Waals surface area contributed by atoms with Crippen LogP contribution in [0.2, 0.25) is 5.02 Å². The van der Waals surface area contributed by atoms with Gasteiger partial charge in [-0.1, -0.05) is 11.6 Å². The van der Waals surface area contributed by atoms with Gasteiger partial charge in [0, 0.05) is 34.0 Å². The molecule has 0 aliphatic rings. The fraction of sp³-hybridized carbons (Fsp3) is 0.357. The summed E-state index contributed by atoms with van der Waals surface area (Å²) in [7, 11) is 1.82. The first-order chi connectivity index (χ1) is 9.45. The number of rotatable bonds is 4. The predicted molar refractivity (Wildman–Crippen MR) is 91.2 cm³/mol. The minimum absolute atomic E-state index is 0.0265. The highest BCUT2D eigenvalue weighted by Crippen LogP contribution is 2.36. The van der Waals surface area contributed by atoms with E-state index in [0.29, 0.717) is 15.6 Å². The zero-order valence-corrected chi connectivity index (χ0v) is 14.0. The molecule has 108 valence electrons. The quantitative estimate of drug-likeness (QED) is 0.924. The fourth-order valence-corrected chi connectivity index (χ4v) is 4.05. The van der Waals surface area contributed by atoms with E-state index in [-0.39, 0.29) is 11.9 Å². The summed E-state index contributed by atoms with van der Waals surface area (Å²) in [6.45, 7) is 2.04. The van der Waals surface area contributed by atoms with Crippen LogP contribution in [0.3, 0.4) is 0 Å². The molecule has 0 fully saturated rings. The highest BCUT2D eigenvalue weighted by Gasteiger charge is 2.22. The molecule has 0 saturated heterocycles. The Labute approximate surface area is 132 Å². The Hall–Kier alpha value is -0.910. The number of halogens is 1. The van der Waals surface area contributed by atoms with Gasteiger partial charge in [0.15, 0.2) is 0 Å². The molecular weight excluding hydrogens is 312 g/mol. The van der Waals surface area contributed by atoms with Crippen molar-refractivity contribution in [2.45, 2.75) is 13.0 Å². The lowest BCUT2D eigenvalue weighted by molar-refractivity contribution is 0.0763. The third-order valence-corrected chi connectivity index (χ3v) is 5.48. The second-order valence-corrected chi connectivity index (χ2v) is 7.11. The Morgan fingerprint density at radius 1 is 1.55 bits per heavy atom. The van der Waals surface area contributed by atoms with Gasteiger partial charge in [-0.25, -0.2) is 0 Å². The number of benzene rings is 1. The first-order valence-electron chi connectivity index (χ1n) is 6.19. The number of thiophene rings is 1. The van der Waals surface area contributed by atoms with E-state index in [2.05, 4.69) is 0 Å². The number of amides is 1. The normalized spacial score (nSPS) is 12.6. The monoisotopic (exact) mass is 328 g/mol. The zero-order chi connectivity index (χ0) is 14.9. The van der Waals surface area contributed by atoms with Gasteiger partial charge >= 0.3 is 0 Å². The number of carbonyl (C=O) groups excluding carboxylic acids is 1. The van der Waals surface area contributed by atoms with Gasteiger partial charge < -0.3 is 10.6 Å². The molecule has 1 heterocycles. The van der Waals surface area contributed by atoms with E-state index in [0.717, 1.165) is 15.8 Å². The van der Waals surface area contributed by atoms with Crippen LogP contribution in [0.15, 0.2) is 18.2 Å². The number of nitrogens with zero attached hydrogens (tertiary/aromatic N) is 1. The fourth-order valence-electron chi connectivity index (χ4n) is 1.96. The van der Waals surface area contributed by atoms with E-state index < -0.39 is 0 Å². The van der Waals surface area contributed by atoms with Crippen molar-refractivity contribution in [2.75, 3.05) is 24.8 Å². The van der Waals surface area contributed by atoms with Crippen molar-refractivity contribution in [1.82, 2.24) is 4.90 Å². The molecule has 1 atom stereocenters. The lowest BCUT2D eigenvalue weighted by Crippen LogP contribution is -2.36. The Morgan fingerprint density at radius 2 is 2.25 bits per heavy atom. The number of nitrogen functional groups attached to an aromatic ring is 1. The summed E-state index contributed by atoms with van der Waals surface area (Å²) in [5.74, 6) is 0.875. The average Bonchev–Trinajstić information content (AvgIpc) is 2.74. The maximum absolute atomic E-state index is 12.6. The molecule has 0 spiro atoms. The minimum atomic E-state index is -0.0265. The molecule has 2 rings (SSSR count). The van der Waals surface area contributed by atoms with Crippen LogP contribution < -0.4 is 5.73 Å². The number of nitrogens with two attached hydrogens (primary N) is 1. The average molecular weight is 329 g/mol. The first-order valence-corrected chi connectivity index (χ1v) is 8.78. The highest BCUT2D eigenvalue weighted by molar-refractivity contribution is 7.98. The summed E-state index contributed by atoms with van der Waals surface area (Å²) in [5.41, 5.74) is 6.67. The van der Waals surface area contributed by atoms with Crippen molar-refractivity contribution >= 4 is 56.4 Å². The summed E-state index contributed by atoms with van der Waals surface area (Å²) in [6.07, 6.45) is 2.03. The number of hydrogen-bond acceptors (Lipinski definition) is 4. The van der Waals surface area contributed by atoms with Gasteiger partial charge in [-0.15, -0.1) is 11.3 Å². The van der Waals surface area contributed by atoms with Crippen LogP contribution in [0.4, 0.5) is 5.69 Å². The minimum Gasteiger partial charge on any atom is -0.397 e. The molecular formula is C14H17ClN2OS2. The van der Waals surface area contributed by atoms with Crippen LogP contribution in [-0.4, -0.2) is 35.9 Å². The number of carbonyl (C=O) groups is 1. The topological polar surface area (TPSA) is 46.3 Å². The van der Waals surface area contributed by atoms with Crippen molar-refractivity contribution in [3.8, 4) is 0 Å². The maximum atomic E-state index is 12.6. The Balaban J connectivity index is 2.37. The number of anilines is 1. The van der Waals surface area contributed by atoms with Gasteiger partial charge in [0.05, 0.1) is 5.69 Å². The van der Waals surface area contributed by atoms with E-state index in [4.69, 9.17) is 17.3 Å². The Bertz CT molecular complexity index is 641. The maximum Gasteiger partial charge on any atom is 0.266 e. The van der Waals surface area contributed by atoms with Crippen LogP contribution in [0, 0.1) is 0 Å². The van der Waals surface area contributed by atoms with Crippen LogP contribution >= 0.6 is 34.7 Å². The van der Waals surface area contributed by atoms with Gasteiger partial charge in [0.25, 0.3) is 5.91 Å². The molecule has 1 aromatic heterocycles. The Morgan fingerprint density at radius 3 is 2.90 bits per heavy atom. The van der Waals surface area contributed by atoms with Crippen molar-refractivity contribution in [2.24, 2.45) is 0 Å². The van der Waals surface area contributed by atoms with Crippen LogP contribution in [-0.2, 0) is 0 Å². The van der Waals surface area contributed by atoms with Crippen LogP contribution in [0.1, 0.15) is 16.6 Å². The second kappa shape index (κ2) is 6.24. The summed E-state index contributed by atoms with van der Waals surface area (Å²) in [5, 5.41) is 1.55. The molecule has 2 aromatic rings. The molecule has 0 aliphatic carbocycles. The first kappa shape index (κ1) is 15.5. The van der Waals surface area contributed by atoms with Gasteiger partial charge in [0.1, 0.15) is 4.88 Å². The van der Waals surface area contributed by atoms with Crippen molar-refractivity contribution in [3.63, 3.8) is 0 Å². The number of hydrogen-bond donors (Lipinski definition) is 1. The van der Waals surface area contributed by atoms with Crippen LogP contribution in [0.5, 0.6) is 0 Å². The lowest BCUT2D eigenvalue weighted by atomic mass is 10.2. The third-order valence-electron chi connectivity index (χ3n) is 3.27. The molecule has 6 heteroatoms. The summed E-state index contributed by atoms with van der Waals surface area (Å²) < 4.78 is 0.948. The number of fused-ring (bicyclic) bond motifs is 1. The lowest BCUT2D eigenvalue weighted by Gasteiger charge is -2.23. The SMILES string of the molecule is CSCC(C)N(C)C(=O)c1sc2cc(Cl)ccc2c1N. The van der Waals surface area contributed by atoms with Crippen LogP contribution in [0.25, 0.3) is 10.1 Å². The largest absolute Gasteiger partial charge is 0.397 e. The van der Waals surface area contributed by atoms with Gasteiger partial charge in [-0.3, -0.25) is 4.79 Å². The van der Waals surface area contributed by atoms with Crippen molar-refractivity contribution < 1.29 is 4.79 Å². The molecule has 1 amide bonds. The summed E-state index contributed by atoms with van der Waals surface area (Å²) in [6, 6.07) is 5.68. The molecule has 0 radical (unpaired) electrons. The molecule has 0 aliphatic heterocycles. The third kappa shape index (κ3) is 2.90. The van der Waals surface area contributed by atoms with Crippen molar-refractivity contribution in [3.05, 3.63) is 28.1 Å². The summed E-state index contributed by atoms with van der Waals surface area (Å²) >= 11 is 9.11. The van der Waals surface area contributed by atoms with Gasteiger partial charge in [-0.2, -0.15) is 11.8 Å². The molecule has 3 nitrogen and oxygen atoms in total. The van der Waals surface area contributed by atoms with Crippen molar-refractivity contribution in [1.29, 1.82) is 0 Å². The summed E-state index contributed by atoms with van der Waals surface area (Å²) in [4.78, 5) is 14.9. The number of thioether (sulfide) groups is 1. The predicted octanol–water partition coefficient (Wildman–Crippen LogP) is 3.96. The zero-order valence-electron chi connectivity index (χ0n) is 11.6. The molecule has 2 N–H and O–H groups in total. The smallest absolute Gasteiger partial charge is 0.266 e. The standard InChI is InChI=1S/C14H17ClN2OS2/c1-8(7-19-3)17(2)14(18)13-12(16)10-5-4-9(15)6-11(10)20-13/h4-6,8H,7,16H2,1-3H3. The van der Waals surface area contributed by atoms with E-state index in [9.17, 15) is 4.79 Å². The molecule has 1 aromatic carbocycles. The van der Waals surface area contributed by atoms with E-state index in [1.165, 1.54) is 11.3 Å². The molecule has 1 unspecified atom stereocenters. The second-order valence-electron chi connectivity index (χ2n) is 4.71. The molecule has 0 bridgehead atoms. The van der Waals surface area contributed by atoms with Gasteiger partial charge in [-0.05, 0) is 31.4 Å². The van der Waals surface area contributed by atoms with E-state index in [1.807, 2.05) is 32.4 Å². The van der Waals surface area contributed by atoms with E-state index in [1.54, 1.807) is 22.7 Å². The molecule has 0 saturated carbocycles. The highest BCUT2D eigenvalue weighted by atomic mass is 35.5. The molecule has 20 heavy (non-hydrogen) atoms.